The number of rotatable bonds is 4. The van der Waals surface area contributed by atoms with Crippen LogP contribution in [0, 0.1) is 0 Å². The molecule has 0 fully saturated rings. The first kappa shape index (κ1) is 26.8. The van der Waals surface area contributed by atoms with Crippen LogP contribution in [0.3, 0.4) is 0 Å². The maximum atomic E-state index is 6.23. The molecule has 6 aromatic carbocycles. The molecule has 3 aromatic heterocycles. The third-order valence-corrected chi connectivity index (χ3v) is 9.49. The Balaban J connectivity index is 1.13. The molecule has 0 spiro atoms. The number of furan rings is 2. The van der Waals surface area contributed by atoms with E-state index in [0.717, 1.165) is 78.4 Å². The number of hydrogen-bond donors (Lipinski definition) is 0. The van der Waals surface area contributed by atoms with E-state index >= 15 is 0 Å². The quantitative estimate of drug-likeness (QED) is 0.197. The van der Waals surface area contributed by atoms with Gasteiger partial charge in [-0.1, -0.05) is 121 Å². The molecule has 5 heteroatoms. The van der Waals surface area contributed by atoms with Crippen molar-refractivity contribution in [3.8, 4) is 33.9 Å². The molecule has 9 aromatic rings. The Kier molecular flexibility index (Phi) is 5.93. The molecule has 1 aliphatic rings. The van der Waals surface area contributed by atoms with Gasteiger partial charge in [-0.25, -0.2) is 15.0 Å². The van der Waals surface area contributed by atoms with Crippen LogP contribution in [0.4, 0.5) is 0 Å². The smallest absolute Gasteiger partial charge is 0.164 e. The van der Waals surface area contributed by atoms with E-state index in [0.29, 0.717) is 11.6 Å². The van der Waals surface area contributed by atoms with Gasteiger partial charge in [0.05, 0.1) is 0 Å². The van der Waals surface area contributed by atoms with Crippen LogP contribution in [0.5, 0.6) is 0 Å². The highest BCUT2D eigenvalue weighted by molar-refractivity contribution is 6.13. The highest BCUT2D eigenvalue weighted by atomic mass is 16.3. The fraction of sp³-hybridized carbons (Fsp3) is 0.0465. The summed E-state index contributed by atoms with van der Waals surface area (Å²) in [5.41, 5.74) is 10.1. The van der Waals surface area contributed by atoms with Crippen LogP contribution in [-0.4, -0.2) is 15.0 Å². The number of fused-ring (bicyclic) bond motifs is 7. The van der Waals surface area contributed by atoms with E-state index in [-0.39, 0.29) is 5.92 Å². The summed E-state index contributed by atoms with van der Waals surface area (Å²) in [7, 11) is 0. The molecule has 3 heterocycles. The molecule has 0 radical (unpaired) electrons. The summed E-state index contributed by atoms with van der Waals surface area (Å²) in [6.07, 6.45) is 5.24. The summed E-state index contributed by atoms with van der Waals surface area (Å²) in [5.74, 6) is 2.06. The van der Waals surface area contributed by atoms with Crippen molar-refractivity contribution in [1.29, 1.82) is 0 Å². The van der Waals surface area contributed by atoms with Crippen molar-refractivity contribution in [3.63, 3.8) is 0 Å². The summed E-state index contributed by atoms with van der Waals surface area (Å²) >= 11 is 0. The minimum absolute atomic E-state index is 0.0203. The molecular weight excluding hydrogens is 590 g/mol. The van der Waals surface area contributed by atoms with E-state index in [9.17, 15) is 0 Å². The van der Waals surface area contributed by atoms with Crippen LogP contribution in [-0.2, 0) is 6.42 Å². The van der Waals surface area contributed by atoms with Crippen molar-refractivity contribution in [1.82, 2.24) is 15.0 Å². The summed E-state index contributed by atoms with van der Waals surface area (Å²) in [6, 6.07) is 45.7. The van der Waals surface area contributed by atoms with E-state index in [4.69, 9.17) is 23.8 Å². The summed E-state index contributed by atoms with van der Waals surface area (Å²) in [6.45, 7) is 0. The topological polar surface area (TPSA) is 65.0 Å². The van der Waals surface area contributed by atoms with Crippen LogP contribution in [0.2, 0.25) is 0 Å². The van der Waals surface area contributed by atoms with Crippen molar-refractivity contribution in [2.75, 3.05) is 0 Å². The second-order valence-electron chi connectivity index (χ2n) is 12.3. The molecule has 0 aliphatic heterocycles. The standard InChI is InChI=1S/C43H27N3O2/c1-2-10-29-25-30(24-19-26(29)9-1)42-44-41(45-43(46-42)34-14-8-18-38-40(34)33-12-4-6-16-36(33)48-38)28-22-20-27(21-23-28)31-13-7-17-37-39(31)32-11-3-5-15-35(32)47-37/h1-24,30H,25H2. The first-order valence-electron chi connectivity index (χ1n) is 16.2. The SMILES string of the molecule is C1=CC(c2nc(-c3ccc(-c4cccc5oc6ccccc6c45)cc3)nc(-c3cccc4oc5ccccc5c34)n2)Cc2ccccc21. The molecule has 0 saturated heterocycles. The van der Waals surface area contributed by atoms with Gasteiger partial charge in [-0.05, 0) is 52.9 Å². The number of allylic oxidation sites excluding steroid dienone is 1. The highest BCUT2D eigenvalue weighted by Gasteiger charge is 2.23. The van der Waals surface area contributed by atoms with Crippen molar-refractivity contribution in [2.24, 2.45) is 0 Å². The van der Waals surface area contributed by atoms with Crippen LogP contribution in [0.25, 0.3) is 83.9 Å². The van der Waals surface area contributed by atoms with E-state index in [1.165, 1.54) is 11.1 Å². The number of para-hydroxylation sites is 2. The first-order chi connectivity index (χ1) is 23.8. The summed E-state index contributed by atoms with van der Waals surface area (Å²) in [4.78, 5) is 15.4. The second kappa shape index (κ2) is 10.6. The lowest BCUT2D eigenvalue weighted by Gasteiger charge is -2.19. The molecule has 1 unspecified atom stereocenters. The lowest BCUT2D eigenvalue weighted by molar-refractivity contribution is 0.668. The predicted octanol–water partition coefficient (Wildman–Crippen LogP) is 11.0. The lowest BCUT2D eigenvalue weighted by atomic mass is 9.89. The maximum absolute atomic E-state index is 6.23. The van der Waals surface area contributed by atoms with Gasteiger partial charge in [0.15, 0.2) is 11.6 Å². The molecule has 48 heavy (non-hydrogen) atoms. The molecule has 5 nitrogen and oxygen atoms in total. The van der Waals surface area contributed by atoms with Gasteiger partial charge in [0.25, 0.3) is 0 Å². The number of benzene rings is 6. The van der Waals surface area contributed by atoms with Gasteiger partial charge in [-0.2, -0.15) is 0 Å². The van der Waals surface area contributed by atoms with Crippen LogP contribution >= 0.6 is 0 Å². The number of nitrogens with zero attached hydrogens (tertiary/aromatic N) is 3. The van der Waals surface area contributed by atoms with Gasteiger partial charge in [0, 0.05) is 38.6 Å². The van der Waals surface area contributed by atoms with E-state index in [2.05, 4.69) is 97.1 Å². The minimum Gasteiger partial charge on any atom is -0.456 e. The van der Waals surface area contributed by atoms with Crippen LogP contribution < -0.4 is 0 Å². The normalized spacial score (nSPS) is 14.3. The predicted molar refractivity (Wildman–Crippen MR) is 193 cm³/mol. The Labute approximate surface area is 275 Å². The number of aromatic nitrogens is 3. The van der Waals surface area contributed by atoms with Gasteiger partial charge >= 0.3 is 0 Å². The molecule has 1 aliphatic carbocycles. The zero-order chi connectivity index (χ0) is 31.6. The molecule has 0 bridgehead atoms. The van der Waals surface area contributed by atoms with Crippen molar-refractivity contribution in [3.05, 3.63) is 156 Å². The van der Waals surface area contributed by atoms with E-state index < -0.39 is 0 Å². The monoisotopic (exact) mass is 617 g/mol. The molecule has 0 amide bonds. The van der Waals surface area contributed by atoms with Crippen molar-refractivity contribution >= 4 is 50.0 Å². The van der Waals surface area contributed by atoms with Gasteiger partial charge in [-0.15, -0.1) is 0 Å². The molecule has 10 rings (SSSR count). The Morgan fingerprint density at radius 1 is 0.479 bits per heavy atom. The second-order valence-corrected chi connectivity index (χ2v) is 12.3. The largest absolute Gasteiger partial charge is 0.456 e. The molecule has 1 atom stereocenters. The summed E-state index contributed by atoms with van der Waals surface area (Å²) < 4.78 is 12.4. The number of hydrogen-bond acceptors (Lipinski definition) is 5. The fourth-order valence-electron chi connectivity index (χ4n) is 7.17. The highest BCUT2D eigenvalue weighted by Crippen LogP contribution is 2.39. The third kappa shape index (κ3) is 4.28. The summed E-state index contributed by atoms with van der Waals surface area (Å²) in [5, 5.41) is 4.29. The average molecular weight is 618 g/mol. The van der Waals surface area contributed by atoms with Crippen LogP contribution in [0.1, 0.15) is 22.9 Å². The lowest BCUT2D eigenvalue weighted by Crippen LogP contribution is -2.12. The third-order valence-electron chi connectivity index (χ3n) is 9.49. The zero-order valence-corrected chi connectivity index (χ0v) is 25.8. The minimum atomic E-state index is 0.0203. The van der Waals surface area contributed by atoms with Gasteiger partial charge in [0.1, 0.15) is 28.2 Å². The van der Waals surface area contributed by atoms with Gasteiger partial charge in [-0.3, -0.25) is 0 Å². The first-order valence-corrected chi connectivity index (χ1v) is 16.2. The zero-order valence-electron chi connectivity index (χ0n) is 25.8. The van der Waals surface area contributed by atoms with Crippen LogP contribution in [0.15, 0.2) is 148 Å². The van der Waals surface area contributed by atoms with Crippen molar-refractivity contribution in [2.45, 2.75) is 12.3 Å². The molecule has 0 N–H and O–H groups in total. The van der Waals surface area contributed by atoms with Gasteiger partial charge < -0.3 is 8.83 Å². The Hall–Kier alpha value is -6.33. The molecule has 0 saturated carbocycles. The fourth-order valence-corrected chi connectivity index (χ4v) is 7.17. The molecule has 226 valence electrons. The Morgan fingerprint density at radius 3 is 1.81 bits per heavy atom. The average Bonchev–Trinajstić information content (AvgIpc) is 3.73. The van der Waals surface area contributed by atoms with E-state index in [1.807, 2.05) is 48.5 Å². The molecular formula is C43H27N3O2. The van der Waals surface area contributed by atoms with E-state index in [1.54, 1.807) is 0 Å². The maximum Gasteiger partial charge on any atom is 0.164 e. The Morgan fingerprint density at radius 2 is 1.06 bits per heavy atom. The van der Waals surface area contributed by atoms with Crippen molar-refractivity contribution < 1.29 is 8.83 Å². The van der Waals surface area contributed by atoms with Gasteiger partial charge in [0.2, 0.25) is 0 Å². The Bertz CT molecular complexity index is 2720.